The molecular formula is C14H14BrN5O. The van der Waals surface area contributed by atoms with E-state index in [1.54, 1.807) is 13.2 Å². The maximum absolute atomic E-state index is 11.8. The third-order valence-corrected chi connectivity index (χ3v) is 4.05. The van der Waals surface area contributed by atoms with E-state index in [1.165, 1.54) is 4.68 Å². The number of rotatable bonds is 3. The number of hydrogen-bond acceptors (Lipinski definition) is 4. The van der Waals surface area contributed by atoms with E-state index in [4.69, 9.17) is 0 Å². The summed E-state index contributed by atoms with van der Waals surface area (Å²) in [5.74, 6) is 0. The fraction of sp³-hybridized carbons (Fsp3) is 0.214. The molecular weight excluding hydrogens is 334 g/mol. The SMILES string of the molecule is Cc1cccc2nc(CNc3cnn(C)c(=O)c3Br)cn12. The van der Waals surface area contributed by atoms with Gasteiger partial charge in [0.25, 0.3) is 5.56 Å². The van der Waals surface area contributed by atoms with E-state index in [9.17, 15) is 4.79 Å². The molecule has 0 saturated heterocycles. The molecule has 108 valence electrons. The van der Waals surface area contributed by atoms with Crippen LogP contribution in [0.2, 0.25) is 0 Å². The van der Waals surface area contributed by atoms with Gasteiger partial charge in [-0.25, -0.2) is 9.67 Å². The van der Waals surface area contributed by atoms with E-state index < -0.39 is 0 Å². The van der Waals surface area contributed by atoms with Crippen molar-refractivity contribution in [1.29, 1.82) is 0 Å². The summed E-state index contributed by atoms with van der Waals surface area (Å²) in [6.45, 7) is 2.56. The van der Waals surface area contributed by atoms with Crippen LogP contribution in [0.3, 0.4) is 0 Å². The molecule has 0 radical (unpaired) electrons. The van der Waals surface area contributed by atoms with E-state index in [-0.39, 0.29) is 5.56 Å². The standard InChI is InChI=1S/C14H14BrN5O/c1-9-4-3-5-12-18-10(8-20(9)12)6-16-11-7-17-19(2)14(21)13(11)15/h3-5,7-8,16H,6H2,1-2H3. The van der Waals surface area contributed by atoms with Crippen LogP contribution in [-0.2, 0) is 13.6 Å². The van der Waals surface area contributed by atoms with Crippen molar-refractivity contribution in [1.82, 2.24) is 19.2 Å². The molecule has 3 rings (SSSR count). The molecule has 0 atom stereocenters. The number of pyridine rings is 1. The van der Waals surface area contributed by atoms with Crippen molar-refractivity contribution < 1.29 is 0 Å². The molecule has 0 bridgehead atoms. The summed E-state index contributed by atoms with van der Waals surface area (Å²) in [6.07, 6.45) is 3.60. The monoisotopic (exact) mass is 347 g/mol. The van der Waals surface area contributed by atoms with Gasteiger partial charge in [-0.2, -0.15) is 5.10 Å². The smallest absolute Gasteiger partial charge is 0.282 e. The highest BCUT2D eigenvalue weighted by atomic mass is 79.9. The largest absolute Gasteiger partial charge is 0.377 e. The van der Waals surface area contributed by atoms with Crippen molar-refractivity contribution in [2.24, 2.45) is 7.05 Å². The number of anilines is 1. The highest BCUT2D eigenvalue weighted by Gasteiger charge is 2.08. The fourth-order valence-electron chi connectivity index (χ4n) is 2.10. The number of hydrogen-bond donors (Lipinski definition) is 1. The quantitative estimate of drug-likeness (QED) is 0.788. The van der Waals surface area contributed by atoms with Gasteiger partial charge >= 0.3 is 0 Å². The highest BCUT2D eigenvalue weighted by molar-refractivity contribution is 9.10. The van der Waals surface area contributed by atoms with Gasteiger partial charge < -0.3 is 9.72 Å². The summed E-state index contributed by atoms with van der Waals surface area (Å²) in [7, 11) is 1.61. The number of aryl methyl sites for hydroxylation is 2. The third-order valence-electron chi connectivity index (χ3n) is 3.28. The number of imidazole rings is 1. The molecule has 6 nitrogen and oxygen atoms in total. The highest BCUT2D eigenvalue weighted by Crippen LogP contribution is 2.17. The average Bonchev–Trinajstić information content (AvgIpc) is 2.89. The minimum absolute atomic E-state index is 0.175. The molecule has 0 spiro atoms. The number of aromatic nitrogens is 4. The molecule has 0 aliphatic carbocycles. The van der Waals surface area contributed by atoms with Crippen LogP contribution in [0.15, 0.2) is 39.9 Å². The second-order valence-electron chi connectivity index (χ2n) is 4.78. The molecule has 1 N–H and O–H groups in total. The molecule has 0 unspecified atom stereocenters. The number of halogens is 1. The zero-order valence-electron chi connectivity index (χ0n) is 11.7. The third kappa shape index (κ3) is 2.56. The van der Waals surface area contributed by atoms with Gasteiger partial charge in [-0.15, -0.1) is 0 Å². The van der Waals surface area contributed by atoms with Gasteiger partial charge in [0.2, 0.25) is 0 Å². The first-order valence-corrected chi connectivity index (χ1v) is 7.25. The lowest BCUT2D eigenvalue weighted by molar-refractivity contribution is 0.703. The lowest BCUT2D eigenvalue weighted by Gasteiger charge is -2.06. The number of fused-ring (bicyclic) bond motifs is 1. The first-order valence-electron chi connectivity index (χ1n) is 6.45. The van der Waals surface area contributed by atoms with Gasteiger partial charge in [0.15, 0.2) is 0 Å². The molecule has 3 aromatic rings. The summed E-state index contributed by atoms with van der Waals surface area (Å²) < 4.78 is 3.79. The van der Waals surface area contributed by atoms with Crippen molar-refractivity contribution in [3.05, 3.63) is 56.8 Å². The Kier molecular flexibility index (Phi) is 3.50. The summed E-state index contributed by atoms with van der Waals surface area (Å²) in [5.41, 5.74) is 3.42. The Morgan fingerprint density at radius 2 is 2.19 bits per heavy atom. The molecule has 0 aliphatic heterocycles. The van der Waals surface area contributed by atoms with Crippen molar-refractivity contribution >= 4 is 27.3 Å². The van der Waals surface area contributed by atoms with Gasteiger partial charge in [0.05, 0.1) is 24.1 Å². The average molecular weight is 348 g/mol. The van der Waals surface area contributed by atoms with Crippen LogP contribution in [0.25, 0.3) is 5.65 Å². The Hall–Kier alpha value is -2.15. The summed E-state index contributed by atoms with van der Waals surface area (Å²) in [5, 5.41) is 7.17. The molecule has 0 saturated carbocycles. The van der Waals surface area contributed by atoms with E-state index in [0.29, 0.717) is 16.7 Å². The summed E-state index contributed by atoms with van der Waals surface area (Å²) >= 11 is 3.29. The molecule has 3 aromatic heterocycles. The van der Waals surface area contributed by atoms with Gasteiger partial charge in [-0.05, 0) is 35.0 Å². The molecule has 0 amide bonds. The first-order chi connectivity index (χ1) is 10.1. The van der Waals surface area contributed by atoms with E-state index in [2.05, 4.69) is 31.3 Å². The summed E-state index contributed by atoms with van der Waals surface area (Å²) in [6, 6.07) is 5.98. The Morgan fingerprint density at radius 3 is 2.95 bits per heavy atom. The van der Waals surface area contributed by atoms with Gasteiger partial charge in [-0.1, -0.05) is 6.07 Å². The van der Waals surface area contributed by atoms with Crippen LogP contribution >= 0.6 is 15.9 Å². The Bertz CT molecular complexity index is 867. The predicted molar refractivity (Wildman–Crippen MR) is 84.4 cm³/mol. The van der Waals surface area contributed by atoms with Gasteiger partial charge in [-0.3, -0.25) is 4.79 Å². The topological polar surface area (TPSA) is 64.2 Å². The van der Waals surface area contributed by atoms with E-state index in [1.807, 2.05) is 35.7 Å². The lowest BCUT2D eigenvalue weighted by Crippen LogP contribution is -2.21. The van der Waals surface area contributed by atoms with Crippen LogP contribution < -0.4 is 10.9 Å². The Labute approximate surface area is 129 Å². The molecule has 21 heavy (non-hydrogen) atoms. The van der Waals surface area contributed by atoms with Gasteiger partial charge in [0, 0.05) is 18.9 Å². The molecule has 3 heterocycles. The van der Waals surface area contributed by atoms with Crippen molar-refractivity contribution in [3.63, 3.8) is 0 Å². The van der Waals surface area contributed by atoms with Crippen molar-refractivity contribution in [3.8, 4) is 0 Å². The maximum atomic E-state index is 11.8. The van der Waals surface area contributed by atoms with Crippen LogP contribution in [0.1, 0.15) is 11.4 Å². The fourth-order valence-corrected chi connectivity index (χ4v) is 2.60. The first kappa shape index (κ1) is 13.8. The predicted octanol–water partition coefficient (Wildman–Crippen LogP) is 2.11. The molecule has 0 fully saturated rings. The normalized spacial score (nSPS) is 11.0. The van der Waals surface area contributed by atoms with Gasteiger partial charge in [0.1, 0.15) is 10.1 Å². The van der Waals surface area contributed by atoms with Crippen LogP contribution in [0, 0.1) is 6.92 Å². The van der Waals surface area contributed by atoms with Crippen molar-refractivity contribution in [2.75, 3.05) is 5.32 Å². The van der Waals surface area contributed by atoms with Crippen LogP contribution in [-0.4, -0.2) is 19.2 Å². The maximum Gasteiger partial charge on any atom is 0.282 e. The summed E-state index contributed by atoms with van der Waals surface area (Å²) in [4.78, 5) is 16.3. The van der Waals surface area contributed by atoms with Crippen LogP contribution in [0.5, 0.6) is 0 Å². The number of nitrogens with one attached hydrogen (secondary N) is 1. The lowest BCUT2D eigenvalue weighted by atomic mass is 10.4. The Balaban J connectivity index is 1.85. The zero-order valence-corrected chi connectivity index (χ0v) is 13.3. The molecule has 0 aliphatic rings. The minimum Gasteiger partial charge on any atom is -0.377 e. The second-order valence-corrected chi connectivity index (χ2v) is 5.58. The molecule has 7 heteroatoms. The number of nitrogens with zero attached hydrogens (tertiary/aromatic N) is 4. The van der Waals surface area contributed by atoms with E-state index in [0.717, 1.165) is 17.0 Å². The molecule has 0 aromatic carbocycles. The Morgan fingerprint density at radius 1 is 1.38 bits per heavy atom. The second kappa shape index (κ2) is 5.33. The van der Waals surface area contributed by atoms with Crippen LogP contribution in [0.4, 0.5) is 5.69 Å². The zero-order chi connectivity index (χ0) is 15.0. The van der Waals surface area contributed by atoms with Crippen molar-refractivity contribution in [2.45, 2.75) is 13.5 Å². The minimum atomic E-state index is -0.175. The van der Waals surface area contributed by atoms with E-state index >= 15 is 0 Å².